The highest BCUT2D eigenvalue weighted by molar-refractivity contribution is 7.92. The van der Waals surface area contributed by atoms with Gasteiger partial charge in [0.1, 0.15) is 17.4 Å². The Morgan fingerprint density at radius 1 is 1.00 bits per heavy atom. The highest BCUT2D eigenvalue weighted by Gasteiger charge is 2.24. The average molecular weight is 564 g/mol. The van der Waals surface area contributed by atoms with E-state index in [2.05, 4.69) is 25.2 Å². The van der Waals surface area contributed by atoms with Gasteiger partial charge >= 0.3 is 0 Å². The molecule has 2 heterocycles. The molecule has 210 valence electrons. The maximum absolute atomic E-state index is 13.5. The molecule has 2 aromatic carbocycles. The SMILES string of the molecule is CCOCc1cc(CNc2nc(C)nc(C)c2C(C)=O)ccc1-c1ccccc1S(=O)(=O)Nc1noc(C)c1C. The summed E-state index contributed by atoms with van der Waals surface area (Å²) in [6.07, 6.45) is 0. The number of anilines is 2. The molecule has 4 rings (SSSR count). The highest BCUT2D eigenvalue weighted by atomic mass is 32.2. The Bertz CT molecular complexity index is 1660. The lowest BCUT2D eigenvalue weighted by Crippen LogP contribution is -2.15. The fraction of sp³-hybridized carbons (Fsp3) is 0.310. The normalized spacial score (nSPS) is 11.4. The molecule has 40 heavy (non-hydrogen) atoms. The third-order valence-corrected chi connectivity index (χ3v) is 7.90. The molecule has 0 atom stereocenters. The molecular formula is C29H33N5O5S. The summed E-state index contributed by atoms with van der Waals surface area (Å²) in [5, 5.41) is 7.12. The van der Waals surface area contributed by atoms with Crippen molar-refractivity contribution >= 4 is 27.4 Å². The van der Waals surface area contributed by atoms with Gasteiger partial charge in [-0.05, 0) is 64.3 Å². The Kier molecular flexibility index (Phi) is 8.65. The number of Topliss-reactive ketones (excluding diaryl/α,β-unsaturated/α-hetero) is 1. The first-order chi connectivity index (χ1) is 19.0. The van der Waals surface area contributed by atoms with E-state index < -0.39 is 10.0 Å². The van der Waals surface area contributed by atoms with E-state index in [0.717, 1.165) is 16.7 Å². The van der Waals surface area contributed by atoms with Gasteiger partial charge in [0.05, 0.1) is 22.8 Å². The highest BCUT2D eigenvalue weighted by Crippen LogP contribution is 2.33. The van der Waals surface area contributed by atoms with E-state index in [-0.39, 0.29) is 23.1 Å². The molecule has 2 N–H and O–H groups in total. The van der Waals surface area contributed by atoms with Gasteiger partial charge in [0.25, 0.3) is 10.0 Å². The molecule has 0 unspecified atom stereocenters. The maximum Gasteiger partial charge on any atom is 0.263 e. The number of rotatable bonds is 11. The Hall–Kier alpha value is -4.09. The van der Waals surface area contributed by atoms with Gasteiger partial charge < -0.3 is 14.6 Å². The molecule has 0 spiro atoms. The van der Waals surface area contributed by atoms with Crippen LogP contribution in [0.25, 0.3) is 11.1 Å². The Morgan fingerprint density at radius 2 is 1.75 bits per heavy atom. The topological polar surface area (TPSA) is 136 Å². The van der Waals surface area contributed by atoms with E-state index in [0.29, 0.717) is 52.9 Å². The van der Waals surface area contributed by atoms with Crippen LogP contribution in [-0.2, 0) is 27.9 Å². The number of carbonyl (C=O) groups excluding carboxylic acids is 1. The van der Waals surface area contributed by atoms with Crippen LogP contribution in [0.3, 0.4) is 0 Å². The molecule has 0 aliphatic heterocycles. The predicted molar refractivity (Wildman–Crippen MR) is 153 cm³/mol. The first-order valence-corrected chi connectivity index (χ1v) is 14.3. The minimum absolute atomic E-state index is 0.108. The second-order valence-electron chi connectivity index (χ2n) is 9.43. The Balaban J connectivity index is 1.70. The van der Waals surface area contributed by atoms with Gasteiger partial charge in [-0.1, -0.05) is 41.6 Å². The van der Waals surface area contributed by atoms with Crippen molar-refractivity contribution in [3.05, 3.63) is 82.0 Å². The number of carbonyl (C=O) groups is 1. The minimum atomic E-state index is -3.99. The number of hydrogen-bond acceptors (Lipinski definition) is 9. The van der Waals surface area contributed by atoms with Crippen LogP contribution in [0.4, 0.5) is 11.6 Å². The molecule has 0 aliphatic rings. The number of sulfonamides is 1. The summed E-state index contributed by atoms with van der Waals surface area (Å²) in [6, 6.07) is 12.6. The smallest absolute Gasteiger partial charge is 0.263 e. The number of nitrogens with one attached hydrogen (secondary N) is 2. The van der Waals surface area contributed by atoms with Crippen LogP contribution >= 0.6 is 0 Å². The van der Waals surface area contributed by atoms with Crippen molar-refractivity contribution in [2.75, 3.05) is 16.6 Å². The van der Waals surface area contributed by atoms with Gasteiger partial charge in [0, 0.05) is 24.3 Å². The standard InChI is InChI=1S/C29H33N5O5S/c1-7-38-16-23-14-22(15-30-29-27(19(4)35)18(3)31-21(6)32-29)12-13-24(23)25-10-8-9-11-26(25)40(36,37)34-28-17(2)20(5)39-33-28/h8-14H,7,15-16H2,1-6H3,(H,33,34)(H,30,31,32). The number of ketones is 1. The fourth-order valence-electron chi connectivity index (χ4n) is 4.42. The zero-order valence-corrected chi connectivity index (χ0v) is 24.3. The summed E-state index contributed by atoms with van der Waals surface area (Å²) in [4.78, 5) is 21.1. The van der Waals surface area contributed by atoms with E-state index >= 15 is 0 Å². The van der Waals surface area contributed by atoms with Gasteiger partial charge in [-0.25, -0.2) is 18.4 Å². The van der Waals surface area contributed by atoms with Crippen molar-refractivity contribution in [2.45, 2.75) is 59.6 Å². The summed E-state index contributed by atoms with van der Waals surface area (Å²) in [7, 11) is -3.99. The Labute approximate surface area is 234 Å². The summed E-state index contributed by atoms with van der Waals surface area (Å²) in [6.45, 7) is 11.6. The van der Waals surface area contributed by atoms with Gasteiger partial charge in [0.15, 0.2) is 11.6 Å². The molecule has 0 saturated heterocycles. The van der Waals surface area contributed by atoms with Crippen molar-refractivity contribution in [2.24, 2.45) is 0 Å². The van der Waals surface area contributed by atoms with Gasteiger partial charge in [-0.15, -0.1) is 0 Å². The molecule has 0 saturated carbocycles. The molecule has 11 heteroatoms. The van der Waals surface area contributed by atoms with Gasteiger partial charge in [-0.2, -0.15) is 0 Å². The number of hydrogen-bond donors (Lipinski definition) is 2. The largest absolute Gasteiger partial charge is 0.377 e. The number of aromatic nitrogens is 3. The molecule has 0 radical (unpaired) electrons. The molecule has 0 fully saturated rings. The summed E-state index contributed by atoms with van der Waals surface area (Å²) in [5.41, 5.74) is 4.69. The number of aryl methyl sites for hydroxylation is 3. The zero-order valence-electron chi connectivity index (χ0n) is 23.5. The molecule has 0 bridgehead atoms. The van der Waals surface area contributed by atoms with E-state index in [1.807, 2.05) is 25.1 Å². The molecule has 4 aromatic rings. The predicted octanol–water partition coefficient (Wildman–Crippen LogP) is 5.52. The maximum atomic E-state index is 13.5. The summed E-state index contributed by atoms with van der Waals surface area (Å²) < 4.78 is 40.4. The monoisotopic (exact) mass is 563 g/mol. The zero-order chi connectivity index (χ0) is 29.0. The first-order valence-electron chi connectivity index (χ1n) is 12.9. The molecule has 10 nitrogen and oxygen atoms in total. The molecular weight excluding hydrogens is 530 g/mol. The third-order valence-electron chi connectivity index (χ3n) is 6.50. The molecule has 2 aromatic heterocycles. The van der Waals surface area contributed by atoms with Crippen LogP contribution < -0.4 is 10.0 Å². The van der Waals surface area contributed by atoms with Crippen LogP contribution in [-0.4, -0.2) is 35.9 Å². The quantitative estimate of drug-likeness (QED) is 0.226. The van der Waals surface area contributed by atoms with Crippen LogP contribution in [0, 0.1) is 27.7 Å². The second-order valence-corrected chi connectivity index (χ2v) is 11.1. The molecule has 0 amide bonds. The number of ether oxygens (including phenoxy) is 1. The van der Waals surface area contributed by atoms with Crippen molar-refractivity contribution in [1.82, 2.24) is 15.1 Å². The van der Waals surface area contributed by atoms with E-state index in [9.17, 15) is 13.2 Å². The van der Waals surface area contributed by atoms with Gasteiger partial charge in [0.2, 0.25) is 0 Å². The first kappa shape index (κ1) is 28.9. The second kappa shape index (κ2) is 12.0. The lowest BCUT2D eigenvalue weighted by molar-refractivity contribution is 0.101. The molecule has 0 aliphatic carbocycles. The number of nitrogens with zero attached hydrogens (tertiary/aromatic N) is 3. The van der Waals surface area contributed by atoms with E-state index in [1.54, 1.807) is 52.0 Å². The van der Waals surface area contributed by atoms with Crippen molar-refractivity contribution in [1.29, 1.82) is 0 Å². The van der Waals surface area contributed by atoms with E-state index in [4.69, 9.17) is 9.26 Å². The van der Waals surface area contributed by atoms with Crippen LogP contribution in [0.5, 0.6) is 0 Å². The van der Waals surface area contributed by atoms with Crippen molar-refractivity contribution in [3.8, 4) is 11.1 Å². The van der Waals surface area contributed by atoms with Crippen LogP contribution in [0.1, 0.15) is 58.2 Å². The average Bonchev–Trinajstić information content (AvgIpc) is 3.21. The summed E-state index contributed by atoms with van der Waals surface area (Å²) >= 11 is 0. The van der Waals surface area contributed by atoms with E-state index in [1.165, 1.54) is 6.92 Å². The lowest BCUT2D eigenvalue weighted by atomic mass is 9.97. The van der Waals surface area contributed by atoms with Crippen molar-refractivity contribution in [3.63, 3.8) is 0 Å². The van der Waals surface area contributed by atoms with Gasteiger partial charge in [-0.3, -0.25) is 9.52 Å². The number of benzene rings is 2. The van der Waals surface area contributed by atoms with Crippen molar-refractivity contribution < 1.29 is 22.5 Å². The Morgan fingerprint density at radius 3 is 2.42 bits per heavy atom. The third kappa shape index (κ3) is 6.21. The fourth-order valence-corrected chi connectivity index (χ4v) is 5.70. The minimum Gasteiger partial charge on any atom is -0.377 e. The van der Waals surface area contributed by atoms with Crippen LogP contribution in [0.15, 0.2) is 51.9 Å². The van der Waals surface area contributed by atoms with Crippen LogP contribution in [0.2, 0.25) is 0 Å². The lowest BCUT2D eigenvalue weighted by Gasteiger charge is -2.17. The summed E-state index contributed by atoms with van der Waals surface area (Å²) in [5.74, 6) is 1.63.